The zero-order valence-corrected chi connectivity index (χ0v) is 26.5. The maximum Gasteiger partial charge on any atom is 0.136 e. The summed E-state index contributed by atoms with van der Waals surface area (Å²) in [5.41, 5.74) is 7.41. The van der Waals surface area contributed by atoms with Crippen molar-refractivity contribution in [2.75, 3.05) is 0 Å². The van der Waals surface area contributed by atoms with E-state index in [1.165, 1.54) is 27.1 Å². The van der Waals surface area contributed by atoms with E-state index >= 15 is 0 Å². The molecule has 2 N–H and O–H groups in total. The molecule has 0 saturated heterocycles. The maximum atomic E-state index is 6.43. The highest BCUT2D eigenvalue weighted by Crippen LogP contribution is 2.41. The lowest BCUT2D eigenvalue weighted by atomic mass is 9.92. The van der Waals surface area contributed by atoms with Gasteiger partial charge >= 0.3 is 0 Å². The summed E-state index contributed by atoms with van der Waals surface area (Å²) in [6.45, 7) is 0. The van der Waals surface area contributed by atoms with E-state index in [1.807, 2.05) is 18.5 Å². The Morgan fingerprint density at radius 3 is 2.29 bits per heavy atom. The zero-order valence-electron chi connectivity index (χ0n) is 26.5. The minimum atomic E-state index is -0.219. The summed E-state index contributed by atoms with van der Waals surface area (Å²) < 4.78 is 6.43. The second-order valence-corrected chi connectivity index (χ2v) is 12.7. The number of hydrogen-bond acceptors (Lipinski definition) is 5. The lowest BCUT2D eigenvalue weighted by Gasteiger charge is -2.33. The predicted octanol–water partition coefficient (Wildman–Crippen LogP) is 10.4. The summed E-state index contributed by atoms with van der Waals surface area (Å²) >= 11 is 0. The van der Waals surface area contributed by atoms with Gasteiger partial charge in [0, 0.05) is 34.1 Å². The number of hydrogen-bond donors (Lipinski definition) is 2. The Morgan fingerprint density at radius 1 is 0.551 bits per heavy atom. The molecule has 3 heterocycles. The summed E-state index contributed by atoms with van der Waals surface area (Å²) in [4.78, 5) is 9.52. The quantitative estimate of drug-likeness (QED) is 0.203. The number of furan rings is 1. The van der Waals surface area contributed by atoms with E-state index in [0.29, 0.717) is 0 Å². The van der Waals surface area contributed by atoms with Crippen molar-refractivity contribution in [1.82, 2.24) is 15.6 Å². The van der Waals surface area contributed by atoms with Crippen molar-refractivity contribution < 1.29 is 4.42 Å². The van der Waals surface area contributed by atoms with Crippen LogP contribution in [-0.2, 0) is 0 Å². The van der Waals surface area contributed by atoms with Gasteiger partial charge < -0.3 is 9.73 Å². The summed E-state index contributed by atoms with van der Waals surface area (Å²) in [5, 5.41) is 16.8. The Hall–Kier alpha value is -6.30. The van der Waals surface area contributed by atoms with Crippen molar-refractivity contribution >= 4 is 60.1 Å². The van der Waals surface area contributed by atoms with Crippen molar-refractivity contribution in [3.8, 4) is 11.1 Å². The normalized spacial score (nSPS) is 16.4. The minimum Gasteiger partial charge on any atom is -0.456 e. The Kier molecular flexibility index (Phi) is 6.32. The molecule has 5 nitrogen and oxygen atoms in total. The van der Waals surface area contributed by atoms with Crippen LogP contribution in [0.5, 0.6) is 0 Å². The summed E-state index contributed by atoms with van der Waals surface area (Å²) in [7, 11) is 0. The van der Waals surface area contributed by atoms with Gasteiger partial charge in [0.25, 0.3) is 0 Å². The number of aliphatic imine (C=N–C) groups is 1. The molecular formula is C44H30N4O. The van der Waals surface area contributed by atoms with Crippen LogP contribution in [0.4, 0.5) is 0 Å². The molecule has 0 bridgehead atoms. The van der Waals surface area contributed by atoms with Gasteiger partial charge in [0.2, 0.25) is 0 Å². The first-order valence-corrected chi connectivity index (χ1v) is 16.6. The third kappa shape index (κ3) is 4.66. The zero-order chi connectivity index (χ0) is 32.3. The predicted molar refractivity (Wildman–Crippen MR) is 201 cm³/mol. The van der Waals surface area contributed by atoms with Gasteiger partial charge in [-0.05, 0) is 79.5 Å². The molecule has 232 valence electrons. The first-order chi connectivity index (χ1) is 24.3. The molecule has 0 saturated carbocycles. The molecule has 2 atom stereocenters. The van der Waals surface area contributed by atoms with Crippen molar-refractivity contribution in [3.05, 3.63) is 175 Å². The van der Waals surface area contributed by atoms with E-state index in [9.17, 15) is 0 Å². The molecule has 2 aromatic heterocycles. The fourth-order valence-corrected chi connectivity index (χ4v) is 7.46. The average Bonchev–Trinajstić information content (AvgIpc) is 3.54. The third-order valence-corrected chi connectivity index (χ3v) is 9.81. The number of pyridine rings is 1. The monoisotopic (exact) mass is 630 g/mol. The van der Waals surface area contributed by atoms with Gasteiger partial charge in [-0.1, -0.05) is 115 Å². The molecule has 9 aromatic rings. The van der Waals surface area contributed by atoms with Crippen LogP contribution in [-0.4, -0.2) is 10.8 Å². The number of amidine groups is 1. The van der Waals surface area contributed by atoms with Crippen LogP contribution < -0.4 is 10.6 Å². The average molecular weight is 631 g/mol. The van der Waals surface area contributed by atoms with E-state index in [-0.39, 0.29) is 12.3 Å². The van der Waals surface area contributed by atoms with Crippen LogP contribution in [0.3, 0.4) is 0 Å². The molecule has 5 heteroatoms. The van der Waals surface area contributed by atoms with Crippen LogP contribution in [0, 0.1) is 0 Å². The molecular weight excluding hydrogens is 601 g/mol. The second kappa shape index (κ2) is 11.2. The van der Waals surface area contributed by atoms with Crippen LogP contribution in [0.25, 0.3) is 65.4 Å². The third-order valence-electron chi connectivity index (χ3n) is 9.81. The molecule has 2 unspecified atom stereocenters. The van der Waals surface area contributed by atoms with E-state index < -0.39 is 0 Å². The first kappa shape index (κ1) is 27.8. The Labute approximate surface area is 282 Å². The van der Waals surface area contributed by atoms with E-state index in [1.54, 1.807) is 0 Å². The van der Waals surface area contributed by atoms with Crippen molar-refractivity contribution in [3.63, 3.8) is 0 Å². The maximum absolute atomic E-state index is 6.43. The standard InChI is InChI=1S/C44H30N4O/c1-2-10-28(11-3-1)42-46-43(31-20-19-27-9-4-5-12-29(27)23-31)48-44(47-42)37-17-7-13-33-34(14-6-15-35(33)37)36-16-8-18-39-41(36)38-24-30-21-22-45-26-32(30)25-40(38)49-39/h1-26,42,44,47H,(H,46,48). The van der Waals surface area contributed by atoms with Gasteiger partial charge in [0.1, 0.15) is 29.3 Å². The van der Waals surface area contributed by atoms with Gasteiger partial charge in [0.15, 0.2) is 0 Å². The van der Waals surface area contributed by atoms with Gasteiger partial charge in [-0.2, -0.15) is 0 Å². The van der Waals surface area contributed by atoms with Crippen molar-refractivity contribution in [1.29, 1.82) is 0 Å². The fourth-order valence-electron chi connectivity index (χ4n) is 7.46. The first-order valence-electron chi connectivity index (χ1n) is 16.6. The molecule has 0 radical (unpaired) electrons. The van der Waals surface area contributed by atoms with Crippen molar-refractivity contribution in [2.24, 2.45) is 4.99 Å². The molecule has 0 amide bonds. The second-order valence-electron chi connectivity index (χ2n) is 12.7. The largest absolute Gasteiger partial charge is 0.456 e. The van der Waals surface area contributed by atoms with Gasteiger partial charge in [0.05, 0.1) is 0 Å². The number of rotatable bonds is 4. The molecule has 49 heavy (non-hydrogen) atoms. The van der Waals surface area contributed by atoms with Gasteiger partial charge in [-0.3, -0.25) is 10.3 Å². The minimum absolute atomic E-state index is 0.186. The number of nitrogens with one attached hydrogen (secondary N) is 2. The molecule has 7 aromatic carbocycles. The lowest BCUT2D eigenvalue weighted by molar-refractivity contribution is 0.411. The highest BCUT2D eigenvalue weighted by molar-refractivity contribution is 6.17. The number of nitrogens with zero attached hydrogens (tertiary/aromatic N) is 2. The molecule has 0 aliphatic carbocycles. The highest BCUT2D eigenvalue weighted by Gasteiger charge is 2.27. The highest BCUT2D eigenvalue weighted by atomic mass is 16.3. The van der Waals surface area contributed by atoms with Gasteiger partial charge in [-0.15, -0.1) is 0 Å². The van der Waals surface area contributed by atoms with Crippen LogP contribution >= 0.6 is 0 Å². The topological polar surface area (TPSA) is 62.5 Å². The fraction of sp³-hybridized carbons (Fsp3) is 0.0455. The summed E-state index contributed by atoms with van der Waals surface area (Å²) in [6, 6.07) is 51.5. The lowest BCUT2D eigenvalue weighted by Crippen LogP contribution is -2.45. The van der Waals surface area contributed by atoms with Crippen LogP contribution in [0.1, 0.15) is 29.0 Å². The summed E-state index contributed by atoms with van der Waals surface area (Å²) in [5.74, 6) is 0.869. The Bertz CT molecular complexity index is 2750. The summed E-state index contributed by atoms with van der Waals surface area (Å²) in [6.07, 6.45) is 3.33. The Balaban J connectivity index is 1.12. The molecule has 1 aliphatic rings. The molecule has 10 rings (SSSR count). The van der Waals surface area contributed by atoms with E-state index in [4.69, 9.17) is 9.41 Å². The number of benzene rings is 7. The smallest absolute Gasteiger partial charge is 0.136 e. The number of fused-ring (bicyclic) bond motifs is 6. The molecule has 0 fully saturated rings. The van der Waals surface area contributed by atoms with E-state index in [0.717, 1.165) is 60.8 Å². The van der Waals surface area contributed by atoms with Crippen molar-refractivity contribution in [2.45, 2.75) is 12.3 Å². The van der Waals surface area contributed by atoms with Gasteiger partial charge in [-0.25, -0.2) is 4.99 Å². The number of aromatic nitrogens is 1. The Morgan fingerprint density at radius 2 is 1.35 bits per heavy atom. The van der Waals surface area contributed by atoms with E-state index in [2.05, 4.69) is 155 Å². The molecule has 1 aliphatic heterocycles. The van der Waals surface area contributed by atoms with Crippen LogP contribution in [0.2, 0.25) is 0 Å². The SMILES string of the molecule is c1ccc(C2N=C(c3ccc4ccccc4c3)NC(c3cccc4c(-c5cccc6oc7cc8cnccc8cc7c56)cccc34)N2)cc1. The van der Waals surface area contributed by atoms with Crippen LogP contribution in [0.15, 0.2) is 167 Å². The molecule has 0 spiro atoms.